The van der Waals surface area contributed by atoms with Crippen molar-refractivity contribution >= 4 is 5.91 Å². The molecule has 0 aliphatic rings. The summed E-state index contributed by atoms with van der Waals surface area (Å²) in [6.45, 7) is 5.64. The maximum atomic E-state index is 11.7. The summed E-state index contributed by atoms with van der Waals surface area (Å²) in [5.74, 6) is 0.0310. The monoisotopic (exact) mass is 279 g/mol. The van der Waals surface area contributed by atoms with Crippen LogP contribution < -0.4 is 5.32 Å². The lowest BCUT2D eigenvalue weighted by atomic mass is 10.0. The third-order valence-electron chi connectivity index (χ3n) is 3.10. The van der Waals surface area contributed by atoms with Gasteiger partial charge in [0, 0.05) is 19.6 Å². The number of carbonyl (C=O) groups is 1. The smallest absolute Gasteiger partial charge is 0.222 e. The van der Waals surface area contributed by atoms with E-state index >= 15 is 0 Å². The van der Waals surface area contributed by atoms with Crippen LogP contribution in [0.15, 0.2) is 24.3 Å². The molecule has 1 aromatic carbocycles. The molecule has 0 aliphatic carbocycles. The number of methoxy groups -OCH3 is 1. The van der Waals surface area contributed by atoms with E-state index in [1.54, 1.807) is 7.11 Å². The van der Waals surface area contributed by atoms with Gasteiger partial charge in [-0.25, -0.2) is 0 Å². The molecule has 4 heteroatoms. The van der Waals surface area contributed by atoms with Crippen LogP contribution in [0.1, 0.15) is 24.5 Å². The van der Waals surface area contributed by atoms with Gasteiger partial charge in [0.1, 0.15) is 0 Å². The number of benzene rings is 1. The highest BCUT2D eigenvalue weighted by atomic mass is 16.5. The lowest BCUT2D eigenvalue weighted by Crippen LogP contribution is -2.34. The summed E-state index contributed by atoms with van der Waals surface area (Å²) in [5, 5.41) is 3.00. The second kappa shape index (κ2) is 9.50. The van der Waals surface area contributed by atoms with Crippen molar-refractivity contribution in [3.05, 3.63) is 35.4 Å². The molecule has 0 unspecified atom stereocenters. The van der Waals surface area contributed by atoms with Crippen molar-refractivity contribution < 1.29 is 14.3 Å². The first kappa shape index (κ1) is 16.7. The molecule has 1 aromatic rings. The quantitative estimate of drug-likeness (QED) is 0.704. The van der Waals surface area contributed by atoms with Crippen LogP contribution in [-0.4, -0.2) is 38.9 Å². The zero-order chi connectivity index (χ0) is 14.8. The Bertz CT molecular complexity index is 406. The van der Waals surface area contributed by atoms with Crippen LogP contribution in [0.2, 0.25) is 0 Å². The maximum absolute atomic E-state index is 11.7. The van der Waals surface area contributed by atoms with Crippen molar-refractivity contribution in [3.8, 4) is 0 Å². The van der Waals surface area contributed by atoms with Crippen LogP contribution in [0.3, 0.4) is 0 Å². The van der Waals surface area contributed by atoms with E-state index in [0.717, 1.165) is 6.42 Å². The van der Waals surface area contributed by atoms with Gasteiger partial charge in [-0.1, -0.05) is 24.3 Å². The van der Waals surface area contributed by atoms with Gasteiger partial charge in [-0.15, -0.1) is 0 Å². The van der Waals surface area contributed by atoms with Crippen LogP contribution in [0.25, 0.3) is 0 Å². The molecule has 4 nitrogen and oxygen atoms in total. The van der Waals surface area contributed by atoms with Gasteiger partial charge in [-0.2, -0.15) is 0 Å². The molecule has 20 heavy (non-hydrogen) atoms. The number of amides is 1. The van der Waals surface area contributed by atoms with E-state index in [9.17, 15) is 4.79 Å². The Balaban J connectivity index is 2.23. The molecule has 1 rings (SSSR count). The Morgan fingerprint density at radius 3 is 2.70 bits per heavy atom. The second-order valence-electron chi connectivity index (χ2n) is 4.95. The maximum Gasteiger partial charge on any atom is 0.222 e. The lowest BCUT2D eigenvalue weighted by Gasteiger charge is -2.15. The van der Waals surface area contributed by atoms with Crippen molar-refractivity contribution in [2.75, 3.05) is 26.9 Å². The van der Waals surface area contributed by atoms with Crippen molar-refractivity contribution in [2.45, 2.75) is 32.7 Å². The topological polar surface area (TPSA) is 47.6 Å². The summed E-state index contributed by atoms with van der Waals surface area (Å²) in [6, 6.07) is 8.38. The van der Waals surface area contributed by atoms with Gasteiger partial charge in [0.15, 0.2) is 0 Å². The highest BCUT2D eigenvalue weighted by Crippen LogP contribution is 2.09. The zero-order valence-electron chi connectivity index (χ0n) is 12.6. The Labute approximate surface area is 121 Å². The highest BCUT2D eigenvalue weighted by Gasteiger charge is 2.09. The summed E-state index contributed by atoms with van der Waals surface area (Å²) < 4.78 is 10.1. The van der Waals surface area contributed by atoms with Crippen molar-refractivity contribution in [3.63, 3.8) is 0 Å². The number of carbonyl (C=O) groups excluding carboxylic acids is 1. The number of ether oxygens (including phenoxy) is 2. The van der Waals surface area contributed by atoms with Crippen LogP contribution in [-0.2, 0) is 20.7 Å². The molecule has 0 fully saturated rings. The Kier molecular flexibility index (Phi) is 7.92. The van der Waals surface area contributed by atoms with Gasteiger partial charge in [0.25, 0.3) is 0 Å². The van der Waals surface area contributed by atoms with Crippen LogP contribution >= 0.6 is 0 Å². The fraction of sp³-hybridized carbons (Fsp3) is 0.562. The Morgan fingerprint density at radius 1 is 1.25 bits per heavy atom. The van der Waals surface area contributed by atoms with Gasteiger partial charge in [-0.3, -0.25) is 4.79 Å². The summed E-state index contributed by atoms with van der Waals surface area (Å²) in [4.78, 5) is 11.7. The largest absolute Gasteiger partial charge is 0.382 e. The van der Waals surface area contributed by atoms with E-state index < -0.39 is 0 Å². The van der Waals surface area contributed by atoms with E-state index in [1.807, 2.05) is 19.1 Å². The average Bonchev–Trinajstić information content (AvgIpc) is 2.41. The van der Waals surface area contributed by atoms with Gasteiger partial charge in [-0.05, 0) is 31.4 Å². The molecule has 1 N–H and O–H groups in total. The van der Waals surface area contributed by atoms with Gasteiger partial charge >= 0.3 is 0 Å². The fourth-order valence-corrected chi connectivity index (χ4v) is 1.98. The predicted molar refractivity (Wildman–Crippen MR) is 79.8 cm³/mol. The summed E-state index contributed by atoms with van der Waals surface area (Å²) in [6.07, 6.45) is 1.24. The molecule has 112 valence electrons. The van der Waals surface area contributed by atoms with Crippen LogP contribution in [0.4, 0.5) is 0 Å². The zero-order valence-corrected chi connectivity index (χ0v) is 12.6. The van der Waals surface area contributed by atoms with E-state index in [4.69, 9.17) is 9.47 Å². The predicted octanol–water partition coefficient (Wildman–Crippen LogP) is 2.10. The minimum absolute atomic E-state index is 0.0310. The van der Waals surface area contributed by atoms with Crippen molar-refractivity contribution in [1.82, 2.24) is 5.32 Å². The third kappa shape index (κ3) is 6.68. The molecular formula is C16H25NO3. The number of hydrogen-bond donors (Lipinski definition) is 1. The minimum atomic E-state index is 0.0310. The standard InChI is InChI=1S/C16H25NO3/c1-13-6-4-5-7-15(13)12-14(2)17-16(18)8-9-20-11-10-19-3/h4-7,14H,8-12H2,1-3H3,(H,17,18)/t14-/m1/s1. The first-order valence-electron chi connectivity index (χ1n) is 7.04. The van der Waals surface area contributed by atoms with Gasteiger partial charge < -0.3 is 14.8 Å². The third-order valence-corrected chi connectivity index (χ3v) is 3.10. The highest BCUT2D eigenvalue weighted by molar-refractivity contribution is 5.76. The van der Waals surface area contributed by atoms with Gasteiger partial charge in [0.05, 0.1) is 19.8 Å². The Morgan fingerprint density at radius 2 is 2.00 bits per heavy atom. The average molecular weight is 279 g/mol. The summed E-state index contributed by atoms with van der Waals surface area (Å²) >= 11 is 0. The molecule has 0 spiro atoms. The second-order valence-corrected chi connectivity index (χ2v) is 4.95. The van der Waals surface area contributed by atoms with Gasteiger partial charge in [0.2, 0.25) is 5.91 Å². The number of rotatable bonds is 9. The molecule has 1 amide bonds. The molecule has 1 atom stereocenters. The number of hydrogen-bond acceptors (Lipinski definition) is 3. The molecule has 0 radical (unpaired) electrons. The van der Waals surface area contributed by atoms with E-state index in [0.29, 0.717) is 26.2 Å². The normalized spacial score (nSPS) is 12.2. The first-order valence-corrected chi connectivity index (χ1v) is 7.04. The van der Waals surface area contributed by atoms with Crippen LogP contribution in [0.5, 0.6) is 0 Å². The molecule has 0 aromatic heterocycles. The van der Waals surface area contributed by atoms with Crippen molar-refractivity contribution in [1.29, 1.82) is 0 Å². The van der Waals surface area contributed by atoms with E-state index in [1.165, 1.54) is 11.1 Å². The molecule has 0 saturated heterocycles. The SMILES string of the molecule is COCCOCCC(=O)N[C@H](C)Cc1ccccc1C. The fourth-order valence-electron chi connectivity index (χ4n) is 1.98. The van der Waals surface area contributed by atoms with Crippen molar-refractivity contribution in [2.24, 2.45) is 0 Å². The van der Waals surface area contributed by atoms with Crippen LogP contribution in [0, 0.1) is 6.92 Å². The number of nitrogens with one attached hydrogen (secondary N) is 1. The minimum Gasteiger partial charge on any atom is -0.382 e. The molecule has 0 bridgehead atoms. The first-order chi connectivity index (χ1) is 9.63. The van der Waals surface area contributed by atoms with E-state index in [2.05, 4.69) is 24.4 Å². The van der Waals surface area contributed by atoms with E-state index in [-0.39, 0.29) is 11.9 Å². The molecule has 0 saturated carbocycles. The molecular weight excluding hydrogens is 254 g/mol. The molecule has 0 aliphatic heterocycles. The lowest BCUT2D eigenvalue weighted by molar-refractivity contribution is -0.122. The summed E-state index contributed by atoms with van der Waals surface area (Å²) in [5.41, 5.74) is 2.54. The summed E-state index contributed by atoms with van der Waals surface area (Å²) in [7, 11) is 1.63. The Hall–Kier alpha value is -1.39. The molecule has 0 heterocycles. The number of aryl methyl sites for hydroxylation is 1.